The van der Waals surface area contributed by atoms with Crippen LogP contribution < -0.4 is 10.5 Å². The number of rotatable bonds is 8. The minimum atomic E-state index is -4.02. The number of aliphatic hydroxyl groups excluding tert-OH is 1. The first-order valence-electron chi connectivity index (χ1n) is 10.2. The lowest BCUT2D eigenvalue weighted by Gasteiger charge is -2.18. The molecule has 0 radical (unpaired) electrons. The largest absolute Gasteiger partial charge is 0.387 e. The van der Waals surface area contributed by atoms with Crippen LogP contribution in [0.15, 0.2) is 83.8 Å². The summed E-state index contributed by atoms with van der Waals surface area (Å²) < 4.78 is 57.9. The van der Waals surface area contributed by atoms with Crippen LogP contribution in [0, 0.1) is 6.92 Å². The molecule has 0 amide bonds. The lowest BCUT2D eigenvalue weighted by molar-refractivity contribution is 0.187. The van der Waals surface area contributed by atoms with Crippen molar-refractivity contribution in [2.45, 2.75) is 24.5 Å². The number of benzene rings is 3. The van der Waals surface area contributed by atoms with Crippen LogP contribution in [0.2, 0.25) is 0 Å². The number of hydrogen-bond donors (Lipinski definition) is 4. The fraction of sp³-hybridized carbons (Fsp3) is 0.217. The second-order valence-electron chi connectivity index (χ2n) is 7.51. The minimum absolute atomic E-state index is 0.0666. The van der Waals surface area contributed by atoms with E-state index in [4.69, 9.17) is 10.3 Å². The van der Waals surface area contributed by atoms with E-state index in [0.29, 0.717) is 11.3 Å². The zero-order chi connectivity index (χ0) is 25.4. The first-order valence-corrected chi connectivity index (χ1v) is 13.1. The summed E-state index contributed by atoms with van der Waals surface area (Å²) in [5, 5.41) is 9.63. The van der Waals surface area contributed by atoms with E-state index in [1.165, 1.54) is 23.5 Å². The van der Waals surface area contributed by atoms with E-state index in [1.807, 2.05) is 37.3 Å². The van der Waals surface area contributed by atoms with Gasteiger partial charge in [0, 0.05) is 25.8 Å². The average Bonchev–Trinajstić information content (AvgIpc) is 2.79. The highest BCUT2D eigenvalue weighted by atomic mass is 32.2. The van der Waals surface area contributed by atoms with E-state index in [9.17, 15) is 21.9 Å². The molecule has 3 aromatic carbocycles. The van der Waals surface area contributed by atoms with Crippen molar-refractivity contribution in [1.29, 1.82) is 0 Å². The van der Waals surface area contributed by atoms with Gasteiger partial charge in [-0.2, -0.15) is 21.1 Å². The van der Waals surface area contributed by atoms with Crippen LogP contribution >= 0.6 is 0 Å². The SMILES string of the molecule is CN(Cc1ccccc1)S(=O)(=O)Nc1ccc(C(O)CN)cc1.Cc1ccc(S(=O)(=O)O)cc1. The number of nitrogens with zero attached hydrogens (tertiary/aromatic N) is 1. The normalized spacial score (nSPS) is 12.5. The van der Waals surface area contributed by atoms with Gasteiger partial charge < -0.3 is 10.8 Å². The van der Waals surface area contributed by atoms with Crippen LogP contribution in [-0.4, -0.2) is 44.4 Å². The summed E-state index contributed by atoms with van der Waals surface area (Å²) in [6, 6.07) is 21.8. The third-order valence-corrected chi connectivity index (χ3v) is 7.05. The van der Waals surface area contributed by atoms with Crippen LogP contribution in [0.4, 0.5) is 5.69 Å². The highest BCUT2D eigenvalue weighted by Gasteiger charge is 2.18. The van der Waals surface area contributed by atoms with Crippen molar-refractivity contribution in [2.24, 2.45) is 5.73 Å². The zero-order valence-corrected chi connectivity index (χ0v) is 20.5. The summed E-state index contributed by atoms with van der Waals surface area (Å²) in [7, 11) is -6.16. The topological polar surface area (TPSA) is 150 Å². The molecule has 34 heavy (non-hydrogen) atoms. The predicted octanol–water partition coefficient (Wildman–Crippen LogP) is 2.71. The number of aliphatic hydroxyl groups is 1. The monoisotopic (exact) mass is 507 g/mol. The van der Waals surface area contributed by atoms with E-state index >= 15 is 0 Å². The Labute approximate surface area is 200 Å². The van der Waals surface area contributed by atoms with Crippen molar-refractivity contribution in [3.63, 3.8) is 0 Å². The van der Waals surface area contributed by atoms with Crippen molar-refractivity contribution in [3.05, 3.63) is 95.6 Å². The smallest absolute Gasteiger partial charge is 0.301 e. The number of hydrogen-bond acceptors (Lipinski definition) is 6. The molecule has 3 rings (SSSR count). The first-order chi connectivity index (χ1) is 15.9. The molecule has 1 unspecified atom stereocenters. The summed E-state index contributed by atoms with van der Waals surface area (Å²) in [6.07, 6.45) is -0.749. The molecule has 11 heteroatoms. The molecule has 9 nitrogen and oxygen atoms in total. The van der Waals surface area contributed by atoms with Gasteiger partial charge >= 0.3 is 10.2 Å². The van der Waals surface area contributed by atoms with Crippen molar-refractivity contribution in [2.75, 3.05) is 18.3 Å². The molecule has 0 aliphatic heterocycles. The summed E-state index contributed by atoms with van der Waals surface area (Å²) in [5.41, 5.74) is 8.32. The van der Waals surface area contributed by atoms with Gasteiger partial charge in [-0.15, -0.1) is 0 Å². The first kappa shape index (κ1) is 27.4. The van der Waals surface area contributed by atoms with Gasteiger partial charge in [-0.3, -0.25) is 9.27 Å². The Kier molecular flexibility index (Phi) is 9.74. The van der Waals surface area contributed by atoms with Crippen LogP contribution in [0.3, 0.4) is 0 Å². The standard InChI is InChI=1S/C16H21N3O3S.C7H8O3S/c1-19(12-13-5-3-2-4-6-13)23(21,22)18-15-9-7-14(8-10-15)16(20)11-17;1-6-2-4-7(5-3-6)11(8,9)10/h2-10,16,18,20H,11-12,17H2,1H3;2-5H,1H3,(H,8,9,10). The Hall–Kier alpha value is -2.80. The summed E-state index contributed by atoms with van der Waals surface area (Å²) in [5.74, 6) is 0. The summed E-state index contributed by atoms with van der Waals surface area (Å²) in [6.45, 7) is 2.23. The molecule has 0 heterocycles. The molecule has 0 aromatic heterocycles. The van der Waals surface area contributed by atoms with Gasteiger partial charge in [0.25, 0.3) is 10.1 Å². The third kappa shape index (κ3) is 8.52. The van der Waals surface area contributed by atoms with Gasteiger partial charge in [0.1, 0.15) is 0 Å². The highest BCUT2D eigenvalue weighted by Crippen LogP contribution is 2.17. The van der Waals surface area contributed by atoms with Crippen molar-refractivity contribution < 1.29 is 26.5 Å². The number of nitrogens with one attached hydrogen (secondary N) is 1. The molecule has 0 bridgehead atoms. The summed E-state index contributed by atoms with van der Waals surface area (Å²) in [4.78, 5) is -0.0666. The maximum absolute atomic E-state index is 12.3. The average molecular weight is 508 g/mol. The lowest BCUT2D eigenvalue weighted by Crippen LogP contribution is -2.32. The highest BCUT2D eigenvalue weighted by molar-refractivity contribution is 7.90. The van der Waals surface area contributed by atoms with Crippen LogP contribution in [-0.2, 0) is 26.9 Å². The van der Waals surface area contributed by atoms with E-state index in [1.54, 1.807) is 36.4 Å². The third-order valence-electron chi connectivity index (χ3n) is 4.74. The minimum Gasteiger partial charge on any atom is -0.387 e. The lowest BCUT2D eigenvalue weighted by atomic mass is 10.1. The molecule has 0 saturated carbocycles. The van der Waals surface area contributed by atoms with Crippen LogP contribution in [0.25, 0.3) is 0 Å². The Bertz CT molecular complexity index is 1250. The number of nitrogens with two attached hydrogens (primary N) is 1. The summed E-state index contributed by atoms with van der Waals surface area (Å²) >= 11 is 0. The maximum atomic E-state index is 12.3. The van der Waals surface area contributed by atoms with Crippen molar-refractivity contribution in [3.8, 4) is 0 Å². The molecule has 1 atom stereocenters. The van der Waals surface area contributed by atoms with Gasteiger partial charge in [-0.25, -0.2) is 0 Å². The van der Waals surface area contributed by atoms with Gasteiger partial charge in [0.2, 0.25) is 0 Å². The molecule has 3 aromatic rings. The van der Waals surface area contributed by atoms with Crippen LogP contribution in [0.5, 0.6) is 0 Å². The number of aryl methyl sites for hydroxylation is 1. The van der Waals surface area contributed by atoms with E-state index < -0.39 is 26.4 Å². The molecule has 0 saturated heterocycles. The van der Waals surface area contributed by atoms with E-state index in [2.05, 4.69) is 4.72 Å². The molecular weight excluding hydrogens is 478 g/mol. The van der Waals surface area contributed by atoms with Gasteiger partial charge in [-0.1, -0.05) is 60.2 Å². The van der Waals surface area contributed by atoms with Crippen molar-refractivity contribution >= 4 is 26.0 Å². The van der Waals surface area contributed by atoms with Gasteiger partial charge in [0.15, 0.2) is 0 Å². The molecular formula is C23H29N3O6S2. The van der Waals surface area contributed by atoms with E-state index in [0.717, 1.165) is 11.1 Å². The Morgan fingerprint density at radius 3 is 1.97 bits per heavy atom. The molecule has 0 aliphatic carbocycles. The second kappa shape index (κ2) is 12.1. The molecule has 0 spiro atoms. The van der Waals surface area contributed by atoms with Gasteiger partial charge in [-0.05, 0) is 42.3 Å². The predicted molar refractivity (Wildman–Crippen MR) is 132 cm³/mol. The Balaban J connectivity index is 0.000000310. The fourth-order valence-electron chi connectivity index (χ4n) is 2.77. The Morgan fingerprint density at radius 2 is 1.47 bits per heavy atom. The molecule has 5 N–H and O–H groups in total. The second-order valence-corrected chi connectivity index (χ2v) is 10.7. The molecule has 0 aliphatic rings. The van der Waals surface area contributed by atoms with Gasteiger partial charge in [0.05, 0.1) is 11.0 Å². The molecule has 184 valence electrons. The zero-order valence-electron chi connectivity index (χ0n) is 18.9. The molecule has 0 fully saturated rings. The van der Waals surface area contributed by atoms with Crippen molar-refractivity contribution in [1.82, 2.24) is 4.31 Å². The van der Waals surface area contributed by atoms with E-state index in [-0.39, 0.29) is 18.0 Å². The maximum Gasteiger partial charge on any atom is 0.301 e. The number of anilines is 1. The Morgan fingerprint density at radius 1 is 0.912 bits per heavy atom. The fourth-order valence-corrected chi connectivity index (χ4v) is 4.16. The van der Waals surface area contributed by atoms with Crippen LogP contribution in [0.1, 0.15) is 22.8 Å². The quantitative estimate of drug-likeness (QED) is 0.342.